The molecule has 4 heterocycles. The van der Waals surface area contributed by atoms with Gasteiger partial charge in [-0.05, 0) is 43.5 Å². The van der Waals surface area contributed by atoms with Gasteiger partial charge in [0.05, 0.1) is 12.1 Å². The highest BCUT2D eigenvalue weighted by molar-refractivity contribution is 5.88. The first-order chi connectivity index (χ1) is 13.7. The number of carbonyl (C=O) groups excluding carboxylic acids is 1. The van der Waals surface area contributed by atoms with Crippen molar-refractivity contribution in [1.29, 1.82) is 0 Å². The molecule has 142 valence electrons. The van der Waals surface area contributed by atoms with Crippen molar-refractivity contribution in [2.75, 3.05) is 13.1 Å². The van der Waals surface area contributed by atoms with Crippen LogP contribution in [0.25, 0.3) is 16.6 Å². The molecule has 0 saturated carbocycles. The van der Waals surface area contributed by atoms with Crippen molar-refractivity contribution in [1.82, 2.24) is 29.7 Å². The zero-order chi connectivity index (χ0) is 19.1. The number of hydrogen-bond donors (Lipinski definition) is 1. The van der Waals surface area contributed by atoms with Crippen LogP contribution in [-0.4, -0.2) is 48.7 Å². The summed E-state index contributed by atoms with van der Waals surface area (Å²) in [4.78, 5) is 18.0. The molecule has 7 heteroatoms. The van der Waals surface area contributed by atoms with Crippen molar-refractivity contribution in [3.8, 4) is 0 Å². The van der Waals surface area contributed by atoms with E-state index in [1.165, 1.54) is 0 Å². The first-order valence-corrected chi connectivity index (χ1v) is 9.71. The molecule has 0 atom stereocenters. The van der Waals surface area contributed by atoms with Crippen LogP contribution in [-0.2, 0) is 11.2 Å². The third-order valence-corrected chi connectivity index (χ3v) is 5.65. The summed E-state index contributed by atoms with van der Waals surface area (Å²) >= 11 is 0. The Morgan fingerprint density at radius 2 is 1.96 bits per heavy atom. The molecule has 0 spiro atoms. The van der Waals surface area contributed by atoms with Crippen LogP contribution in [0.2, 0.25) is 0 Å². The van der Waals surface area contributed by atoms with E-state index in [0.717, 1.165) is 59.6 Å². The Kier molecular flexibility index (Phi) is 4.07. The van der Waals surface area contributed by atoms with Gasteiger partial charge in [-0.3, -0.25) is 4.79 Å². The summed E-state index contributed by atoms with van der Waals surface area (Å²) in [7, 11) is 0. The lowest BCUT2D eigenvalue weighted by molar-refractivity contribution is -0.131. The summed E-state index contributed by atoms with van der Waals surface area (Å²) in [6.45, 7) is 3.45. The molecule has 1 saturated heterocycles. The lowest BCUT2D eigenvalue weighted by Crippen LogP contribution is -2.39. The summed E-state index contributed by atoms with van der Waals surface area (Å²) in [5.41, 5.74) is 3.86. The molecule has 1 amide bonds. The predicted octanol–water partition coefficient (Wildman–Crippen LogP) is 2.86. The third-order valence-electron chi connectivity index (χ3n) is 5.65. The molecular formula is C21H22N6O. The normalized spacial score (nSPS) is 15.5. The molecule has 7 nitrogen and oxygen atoms in total. The second kappa shape index (κ2) is 6.74. The van der Waals surface area contributed by atoms with Crippen molar-refractivity contribution >= 4 is 22.5 Å². The number of rotatable bonds is 3. The van der Waals surface area contributed by atoms with Crippen molar-refractivity contribution < 1.29 is 4.79 Å². The van der Waals surface area contributed by atoms with Gasteiger partial charge in [0, 0.05) is 36.1 Å². The molecule has 0 radical (unpaired) electrons. The SMILES string of the molecule is Cc1ccc2nnc(C3CCN(C(=O)Cc4c[nH]c5ccccc45)CC3)n2n1. The molecule has 28 heavy (non-hydrogen) atoms. The van der Waals surface area contributed by atoms with Crippen LogP contribution in [0, 0.1) is 6.92 Å². The number of para-hydroxylation sites is 1. The maximum Gasteiger partial charge on any atom is 0.227 e. The van der Waals surface area contributed by atoms with Gasteiger partial charge in [0.25, 0.3) is 0 Å². The van der Waals surface area contributed by atoms with Crippen molar-refractivity contribution in [2.24, 2.45) is 0 Å². The molecule has 1 fully saturated rings. The molecule has 3 aromatic heterocycles. The smallest absolute Gasteiger partial charge is 0.227 e. The van der Waals surface area contributed by atoms with Crippen LogP contribution in [0.1, 0.15) is 35.8 Å². The average Bonchev–Trinajstić information content (AvgIpc) is 3.32. The quantitative estimate of drug-likeness (QED) is 0.598. The Morgan fingerprint density at radius 1 is 1.14 bits per heavy atom. The van der Waals surface area contributed by atoms with Gasteiger partial charge in [-0.1, -0.05) is 18.2 Å². The molecule has 1 aromatic carbocycles. The third kappa shape index (κ3) is 2.93. The van der Waals surface area contributed by atoms with E-state index in [1.54, 1.807) is 0 Å². The highest BCUT2D eigenvalue weighted by Crippen LogP contribution is 2.27. The monoisotopic (exact) mass is 374 g/mol. The molecule has 4 aromatic rings. The molecule has 1 aliphatic rings. The fourth-order valence-electron chi connectivity index (χ4n) is 4.09. The number of aromatic amines is 1. The number of amides is 1. The summed E-state index contributed by atoms with van der Waals surface area (Å²) in [5.74, 6) is 1.37. The molecule has 1 aliphatic heterocycles. The van der Waals surface area contributed by atoms with E-state index in [9.17, 15) is 4.79 Å². The number of aryl methyl sites for hydroxylation is 1. The van der Waals surface area contributed by atoms with Crippen molar-refractivity contribution in [3.63, 3.8) is 0 Å². The summed E-state index contributed by atoms with van der Waals surface area (Å²) in [6.07, 6.45) is 4.15. The number of aromatic nitrogens is 5. The number of nitrogens with zero attached hydrogens (tertiary/aromatic N) is 5. The number of benzene rings is 1. The minimum atomic E-state index is 0.184. The standard InChI is InChI=1S/C21H22N6O/c1-14-6-7-19-23-24-21(27(19)25-14)15-8-10-26(11-9-15)20(28)12-16-13-22-18-5-3-2-4-17(16)18/h2-7,13,15,22H,8-12H2,1H3. The molecular weight excluding hydrogens is 352 g/mol. The molecule has 0 bridgehead atoms. The molecule has 0 aliphatic carbocycles. The van der Waals surface area contributed by atoms with Crippen LogP contribution in [0.4, 0.5) is 0 Å². The van der Waals surface area contributed by atoms with E-state index in [-0.39, 0.29) is 11.8 Å². The summed E-state index contributed by atoms with van der Waals surface area (Å²) in [6, 6.07) is 12.0. The number of nitrogens with one attached hydrogen (secondary N) is 1. The van der Waals surface area contributed by atoms with Crippen LogP contribution < -0.4 is 0 Å². The number of likely N-dealkylation sites (tertiary alicyclic amines) is 1. The van der Waals surface area contributed by atoms with Gasteiger partial charge in [-0.25, -0.2) is 0 Å². The maximum atomic E-state index is 12.8. The van der Waals surface area contributed by atoms with Gasteiger partial charge < -0.3 is 9.88 Å². The average molecular weight is 374 g/mol. The predicted molar refractivity (Wildman–Crippen MR) is 106 cm³/mol. The van der Waals surface area contributed by atoms with E-state index in [0.29, 0.717) is 6.42 Å². The Morgan fingerprint density at radius 3 is 2.82 bits per heavy atom. The fourth-order valence-corrected chi connectivity index (χ4v) is 4.09. The van der Waals surface area contributed by atoms with E-state index < -0.39 is 0 Å². The van der Waals surface area contributed by atoms with Crippen LogP contribution in [0.15, 0.2) is 42.6 Å². The number of H-pyrrole nitrogens is 1. The highest BCUT2D eigenvalue weighted by atomic mass is 16.2. The first kappa shape index (κ1) is 16.9. The van der Waals surface area contributed by atoms with Gasteiger partial charge >= 0.3 is 0 Å². The molecule has 5 rings (SSSR count). The highest BCUT2D eigenvalue weighted by Gasteiger charge is 2.27. The molecule has 0 unspecified atom stereocenters. The Balaban J connectivity index is 1.27. The van der Waals surface area contributed by atoms with E-state index >= 15 is 0 Å². The van der Waals surface area contributed by atoms with Crippen molar-refractivity contribution in [2.45, 2.75) is 32.1 Å². The minimum Gasteiger partial charge on any atom is -0.361 e. The van der Waals surface area contributed by atoms with E-state index in [4.69, 9.17) is 0 Å². The van der Waals surface area contributed by atoms with Crippen LogP contribution in [0.3, 0.4) is 0 Å². The second-order valence-electron chi connectivity index (χ2n) is 7.49. The lowest BCUT2D eigenvalue weighted by Gasteiger charge is -2.31. The fraction of sp³-hybridized carbons (Fsp3) is 0.333. The number of piperidine rings is 1. The number of hydrogen-bond acceptors (Lipinski definition) is 4. The van der Waals surface area contributed by atoms with E-state index in [2.05, 4.69) is 26.3 Å². The van der Waals surface area contributed by atoms with E-state index in [1.807, 2.05) is 52.9 Å². The van der Waals surface area contributed by atoms with Gasteiger partial charge in [-0.2, -0.15) is 9.61 Å². The number of fused-ring (bicyclic) bond motifs is 2. The minimum absolute atomic E-state index is 0.184. The largest absolute Gasteiger partial charge is 0.361 e. The number of carbonyl (C=O) groups is 1. The summed E-state index contributed by atoms with van der Waals surface area (Å²) < 4.78 is 1.85. The zero-order valence-electron chi connectivity index (χ0n) is 15.8. The Labute approximate surface area is 162 Å². The van der Waals surface area contributed by atoms with Gasteiger partial charge in [0.1, 0.15) is 0 Å². The maximum absolute atomic E-state index is 12.8. The Hall–Kier alpha value is -3.22. The van der Waals surface area contributed by atoms with Gasteiger partial charge in [-0.15, -0.1) is 10.2 Å². The van der Waals surface area contributed by atoms with Crippen LogP contribution in [0.5, 0.6) is 0 Å². The van der Waals surface area contributed by atoms with Gasteiger partial charge in [0.2, 0.25) is 5.91 Å². The topological polar surface area (TPSA) is 79.2 Å². The lowest BCUT2D eigenvalue weighted by atomic mass is 9.95. The van der Waals surface area contributed by atoms with Gasteiger partial charge in [0.15, 0.2) is 11.5 Å². The zero-order valence-corrected chi connectivity index (χ0v) is 15.8. The first-order valence-electron chi connectivity index (χ1n) is 9.71. The molecule has 1 N–H and O–H groups in total. The summed E-state index contributed by atoms with van der Waals surface area (Å²) in [5, 5.41) is 14.3. The Bertz CT molecular complexity index is 1150. The van der Waals surface area contributed by atoms with Crippen molar-refractivity contribution in [3.05, 3.63) is 59.7 Å². The van der Waals surface area contributed by atoms with Crippen LogP contribution >= 0.6 is 0 Å². The second-order valence-corrected chi connectivity index (χ2v) is 7.49.